The molecule has 0 spiro atoms. The van der Waals surface area contributed by atoms with Crippen molar-refractivity contribution >= 4 is 80.0 Å². The molecule has 5 heterocycles. The van der Waals surface area contributed by atoms with Gasteiger partial charge in [0, 0.05) is 44.2 Å². The number of hydrogen-bond acceptors (Lipinski definition) is 12. The van der Waals surface area contributed by atoms with Crippen molar-refractivity contribution in [2.75, 3.05) is 47.9 Å². The van der Waals surface area contributed by atoms with Crippen LogP contribution in [-0.2, 0) is 4.74 Å². The highest BCUT2D eigenvalue weighted by atomic mass is 35.5. The van der Waals surface area contributed by atoms with Crippen molar-refractivity contribution in [3.05, 3.63) is 113 Å². The number of halogens is 8. The molecule has 16 nitrogen and oxygen atoms in total. The number of aliphatic hydroxyl groups excluding tert-OH is 1. The third kappa shape index (κ3) is 7.12. The number of nitrogens with two attached hydrogens (primary N) is 2. The molecule has 1 fully saturated rings. The number of hydrogen-bond donors (Lipinski definition) is 6. The highest BCUT2D eigenvalue weighted by molar-refractivity contribution is 6.38. The predicted molar refractivity (Wildman–Crippen MR) is 204 cm³/mol. The van der Waals surface area contributed by atoms with E-state index in [2.05, 4.69) is 15.3 Å². The van der Waals surface area contributed by atoms with Crippen molar-refractivity contribution in [2.45, 2.75) is 12.2 Å². The van der Waals surface area contributed by atoms with Crippen LogP contribution < -0.4 is 32.5 Å². The van der Waals surface area contributed by atoms with Crippen LogP contribution in [0.1, 0.15) is 20.7 Å². The van der Waals surface area contributed by atoms with Gasteiger partial charge in [-0.05, 0) is 12.1 Å². The Hall–Kier alpha value is -6.62. The number of carboxylic acid groups (broad SMARTS) is 2. The second-order valence-electron chi connectivity index (χ2n) is 13.2. The van der Waals surface area contributed by atoms with Crippen LogP contribution in [0.5, 0.6) is 0 Å². The number of nitrogens with zero attached hydrogens (tertiary/aromatic N) is 5. The number of aromatic carboxylic acids is 2. The first-order valence-electron chi connectivity index (χ1n) is 16.9. The Morgan fingerprint density at radius 1 is 0.767 bits per heavy atom. The summed E-state index contributed by atoms with van der Waals surface area (Å²) in [6.45, 7) is -1.03. The van der Waals surface area contributed by atoms with Crippen LogP contribution in [-0.4, -0.2) is 84.8 Å². The molecule has 60 heavy (non-hydrogen) atoms. The molecule has 0 aliphatic carbocycles. The topological polar surface area (TPSA) is 241 Å². The van der Waals surface area contributed by atoms with Crippen LogP contribution >= 0.6 is 23.2 Å². The van der Waals surface area contributed by atoms with Gasteiger partial charge in [0.1, 0.15) is 22.8 Å². The van der Waals surface area contributed by atoms with Crippen molar-refractivity contribution < 1.29 is 56.0 Å². The minimum atomic E-state index is -1.77. The lowest BCUT2D eigenvalue weighted by Gasteiger charge is -2.41. The monoisotopic (exact) mass is 880 g/mol. The Balaban J connectivity index is 1.10. The Kier molecular flexibility index (Phi) is 10.7. The van der Waals surface area contributed by atoms with E-state index in [1.165, 1.54) is 4.90 Å². The first-order valence-corrected chi connectivity index (χ1v) is 17.7. The van der Waals surface area contributed by atoms with Crippen molar-refractivity contribution in [3.63, 3.8) is 0 Å². The van der Waals surface area contributed by atoms with Crippen LogP contribution in [0.2, 0.25) is 10.0 Å². The quantitative estimate of drug-likeness (QED) is 0.0986. The Labute approximate surface area is 339 Å². The summed E-state index contributed by atoms with van der Waals surface area (Å²) >= 11 is 13.1. The van der Waals surface area contributed by atoms with Gasteiger partial charge in [-0.2, -0.15) is 0 Å². The standard InChI is InChI=1S/C36H24Cl2F6N8O8/c37-23-25(17(39)1-13-26(23)51(8-15(29(13)54)35(56)57)33-21(43)3-19(41)31(45)48-33)47-5-11(53)10-60-12-6-50(7-12)28-18(40)2-14-27(24(28)38)52(9-16(30(14)55)36(58)59)34-22(44)4-20(42)32(46)49-34/h1-4,8-9,11-12,47,53H,5-7,10H2,(H2,45,48)(H2,46,49)(H,56,57)(H,58,59). The van der Waals surface area contributed by atoms with E-state index in [0.717, 1.165) is 4.57 Å². The van der Waals surface area contributed by atoms with Crippen molar-refractivity contribution in [3.8, 4) is 11.6 Å². The normalized spacial score (nSPS) is 13.5. The molecule has 312 valence electrons. The van der Waals surface area contributed by atoms with E-state index < -0.39 is 149 Å². The Morgan fingerprint density at radius 2 is 1.23 bits per heavy atom. The predicted octanol–water partition coefficient (Wildman–Crippen LogP) is 4.47. The van der Waals surface area contributed by atoms with Gasteiger partial charge in [-0.1, -0.05) is 23.2 Å². The van der Waals surface area contributed by atoms with Gasteiger partial charge in [-0.25, -0.2) is 45.9 Å². The van der Waals surface area contributed by atoms with E-state index in [4.69, 9.17) is 39.4 Å². The maximum atomic E-state index is 15.6. The Morgan fingerprint density at radius 3 is 1.72 bits per heavy atom. The SMILES string of the molecule is Nc1nc(-n2cc(C(=O)O)c(=O)c3cc(F)c(NCC(O)COC4CN(c5c(F)cc6c(=O)c(C(=O)O)cn(-c7nc(N)c(F)cc7F)c6c5Cl)C4)c(Cl)c32)c(F)cc1F. The number of nitrogen functional groups attached to an aromatic ring is 2. The van der Waals surface area contributed by atoms with Gasteiger partial charge in [-0.3, -0.25) is 18.7 Å². The smallest absolute Gasteiger partial charge is 0.341 e. The molecular weight excluding hydrogens is 857 g/mol. The molecule has 0 amide bonds. The number of carbonyl (C=O) groups is 2. The molecule has 1 unspecified atom stereocenters. The van der Waals surface area contributed by atoms with Gasteiger partial charge in [0.2, 0.25) is 10.9 Å². The number of fused-ring (bicyclic) bond motifs is 2. The number of aromatic nitrogens is 4. The minimum Gasteiger partial charge on any atom is -0.477 e. The summed E-state index contributed by atoms with van der Waals surface area (Å²) in [4.78, 5) is 58.3. The number of benzene rings is 2. The highest BCUT2D eigenvalue weighted by Crippen LogP contribution is 2.39. The number of anilines is 4. The summed E-state index contributed by atoms with van der Waals surface area (Å²) in [5, 5.41) is 30.2. The third-order valence-electron chi connectivity index (χ3n) is 9.33. The van der Waals surface area contributed by atoms with Gasteiger partial charge >= 0.3 is 11.9 Å². The van der Waals surface area contributed by atoms with Crippen LogP contribution in [0.3, 0.4) is 0 Å². The summed E-state index contributed by atoms with van der Waals surface area (Å²) in [7, 11) is 0. The minimum absolute atomic E-state index is 0.0741. The molecule has 7 rings (SSSR count). The average Bonchev–Trinajstić information content (AvgIpc) is 3.15. The van der Waals surface area contributed by atoms with Crippen molar-refractivity contribution in [1.82, 2.24) is 19.1 Å². The Bertz CT molecular complexity index is 2960. The zero-order valence-corrected chi connectivity index (χ0v) is 31.3. The van der Waals surface area contributed by atoms with Gasteiger partial charge in [0.15, 0.2) is 46.5 Å². The lowest BCUT2D eigenvalue weighted by Crippen LogP contribution is -2.53. The molecule has 1 aliphatic heterocycles. The van der Waals surface area contributed by atoms with Crippen molar-refractivity contribution in [2.24, 2.45) is 0 Å². The van der Waals surface area contributed by atoms with Crippen LogP contribution in [0.4, 0.5) is 49.4 Å². The number of nitrogens with one attached hydrogen (secondary N) is 1. The molecule has 1 atom stereocenters. The van der Waals surface area contributed by atoms with E-state index in [9.17, 15) is 52.1 Å². The summed E-state index contributed by atoms with van der Waals surface area (Å²) in [6.07, 6.45) is -0.757. The number of rotatable bonds is 11. The number of pyridine rings is 4. The van der Waals surface area contributed by atoms with E-state index in [1.807, 2.05) is 0 Å². The van der Waals surface area contributed by atoms with E-state index in [1.54, 1.807) is 0 Å². The molecule has 6 aromatic rings. The van der Waals surface area contributed by atoms with Crippen LogP contribution in [0, 0.1) is 34.9 Å². The molecule has 8 N–H and O–H groups in total. The fourth-order valence-corrected chi connectivity index (χ4v) is 7.19. The summed E-state index contributed by atoms with van der Waals surface area (Å²) < 4.78 is 95.9. The summed E-state index contributed by atoms with van der Waals surface area (Å²) in [5.41, 5.74) is 5.12. The fraction of sp³-hybridized carbons (Fsp3) is 0.167. The summed E-state index contributed by atoms with van der Waals surface area (Å²) in [5.74, 6) is -14.0. The van der Waals surface area contributed by atoms with Gasteiger partial charge < -0.3 is 41.7 Å². The molecule has 0 saturated carbocycles. The zero-order chi connectivity index (χ0) is 43.6. The second-order valence-corrected chi connectivity index (χ2v) is 13.9. The summed E-state index contributed by atoms with van der Waals surface area (Å²) in [6, 6.07) is 2.04. The number of carboxylic acids is 2. The molecule has 0 radical (unpaired) electrons. The van der Waals surface area contributed by atoms with E-state index >= 15 is 8.78 Å². The first-order chi connectivity index (χ1) is 28.3. The van der Waals surface area contributed by atoms with Gasteiger partial charge in [0.25, 0.3) is 0 Å². The van der Waals surface area contributed by atoms with E-state index in [-0.39, 0.29) is 24.3 Å². The van der Waals surface area contributed by atoms with Crippen LogP contribution in [0.15, 0.2) is 46.2 Å². The van der Waals surface area contributed by atoms with Crippen LogP contribution in [0.25, 0.3) is 33.4 Å². The molecule has 1 aliphatic rings. The lowest BCUT2D eigenvalue weighted by molar-refractivity contribution is -0.0161. The first kappa shape index (κ1) is 41.5. The molecule has 4 aromatic heterocycles. The third-order valence-corrected chi connectivity index (χ3v) is 10.1. The lowest BCUT2D eigenvalue weighted by atomic mass is 10.1. The molecule has 1 saturated heterocycles. The second kappa shape index (κ2) is 15.5. The fourth-order valence-electron chi connectivity index (χ4n) is 6.44. The highest BCUT2D eigenvalue weighted by Gasteiger charge is 2.34. The molecule has 24 heteroatoms. The number of ether oxygens (including phenoxy) is 1. The van der Waals surface area contributed by atoms with E-state index in [0.29, 0.717) is 41.2 Å². The average molecular weight is 882 g/mol. The maximum absolute atomic E-state index is 15.6. The van der Waals surface area contributed by atoms with Crippen molar-refractivity contribution in [1.29, 1.82) is 0 Å². The van der Waals surface area contributed by atoms with Gasteiger partial charge in [0.05, 0.1) is 62.0 Å². The molecule has 2 aromatic carbocycles. The molecular formula is C36H24Cl2F6N8O8. The maximum Gasteiger partial charge on any atom is 0.341 e. The van der Waals surface area contributed by atoms with Gasteiger partial charge in [-0.15, -0.1) is 0 Å². The largest absolute Gasteiger partial charge is 0.477 e. The molecule has 0 bridgehead atoms. The number of aliphatic hydroxyl groups is 1. The zero-order valence-electron chi connectivity index (χ0n) is 29.7.